The van der Waals surface area contributed by atoms with E-state index in [1.165, 1.54) is 12.8 Å². The first-order chi connectivity index (χ1) is 6.09. The smallest absolute Gasteiger partial charge is 0.106 e. The number of nitrogens with zero attached hydrogens (tertiary/aromatic N) is 1. The summed E-state index contributed by atoms with van der Waals surface area (Å²) < 4.78 is 0. The van der Waals surface area contributed by atoms with Crippen molar-refractivity contribution in [2.75, 3.05) is 0 Å². The van der Waals surface area contributed by atoms with Gasteiger partial charge in [0.15, 0.2) is 0 Å². The largest absolute Gasteiger partial charge is 0.379 e. The molecule has 3 nitrogen and oxygen atoms in total. The number of aliphatic hydroxyl groups excluding tert-OH is 2. The number of hydrogen-bond acceptors (Lipinski definition) is 3. The zero-order valence-corrected chi connectivity index (χ0v) is 8.90. The van der Waals surface area contributed by atoms with Gasteiger partial charge in [0.25, 0.3) is 0 Å². The van der Waals surface area contributed by atoms with Crippen LogP contribution in [0.1, 0.15) is 46.5 Å². The maximum absolute atomic E-state index is 9.27. The highest BCUT2D eigenvalue weighted by Crippen LogP contribution is 2.10. The Hall–Kier alpha value is -0.120. The molecule has 0 rings (SSSR count). The van der Waals surface area contributed by atoms with Crippen LogP contribution in [0.3, 0.4) is 0 Å². The van der Waals surface area contributed by atoms with Gasteiger partial charge in [0.05, 0.1) is 0 Å². The van der Waals surface area contributed by atoms with Gasteiger partial charge in [0.2, 0.25) is 0 Å². The Kier molecular flexibility index (Phi) is 7.23. The van der Waals surface area contributed by atoms with Crippen LogP contribution < -0.4 is 0 Å². The molecule has 79 valence electrons. The molecule has 0 saturated heterocycles. The van der Waals surface area contributed by atoms with Gasteiger partial charge in [-0.3, -0.25) is 0 Å². The number of hydrogen-bond donors (Lipinski definition) is 2. The van der Waals surface area contributed by atoms with Gasteiger partial charge in [-0.25, -0.2) is 4.90 Å². The molecule has 0 aliphatic rings. The van der Waals surface area contributed by atoms with E-state index in [0.29, 0.717) is 0 Å². The van der Waals surface area contributed by atoms with Gasteiger partial charge in [-0.05, 0) is 20.3 Å². The molecule has 0 fully saturated rings. The first-order valence-electron chi connectivity index (χ1n) is 5.06. The molecule has 2 atom stereocenters. The van der Waals surface area contributed by atoms with E-state index in [0.717, 1.165) is 12.8 Å². The second-order valence-electron chi connectivity index (χ2n) is 3.39. The molecule has 3 heteroatoms. The molecule has 0 aromatic carbocycles. The molecule has 0 saturated carbocycles. The molecule has 0 aliphatic heterocycles. The first-order valence-corrected chi connectivity index (χ1v) is 5.06. The summed E-state index contributed by atoms with van der Waals surface area (Å²) >= 11 is 0. The predicted molar refractivity (Wildman–Crippen MR) is 53.6 cm³/mol. The summed E-state index contributed by atoms with van der Waals surface area (Å²) in [5.74, 6) is 0. The molecule has 1 radical (unpaired) electrons. The Morgan fingerprint density at radius 2 is 1.69 bits per heavy atom. The molecule has 0 aliphatic carbocycles. The predicted octanol–water partition coefficient (Wildman–Crippen LogP) is 1.71. The summed E-state index contributed by atoms with van der Waals surface area (Å²) in [6, 6.07) is 0. The fraction of sp³-hybridized carbons (Fsp3) is 0.900. The summed E-state index contributed by atoms with van der Waals surface area (Å²) in [5.41, 5.74) is 0. The maximum atomic E-state index is 9.27. The van der Waals surface area contributed by atoms with Crippen LogP contribution in [0.25, 0.3) is 0 Å². The maximum Gasteiger partial charge on any atom is 0.106 e. The van der Waals surface area contributed by atoms with Crippen molar-refractivity contribution in [3.63, 3.8) is 0 Å². The van der Waals surface area contributed by atoms with E-state index < -0.39 is 12.5 Å². The molecule has 2 N–H and O–H groups in total. The minimum Gasteiger partial charge on any atom is -0.379 e. The van der Waals surface area contributed by atoms with Crippen molar-refractivity contribution in [2.45, 2.75) is 58.9 Å². The molecule has 0 heterocycles. The number of unbranched alkanes of at least 4 members (excludes halogenated alkanes) is 3. The van der Waals surface area contributed by atoms with Crippen molar-refractivity contribution in [3.8, 4) is 0 Å². The molecule has 0 aromatic rings. The highest BCUT2D eigenvalue weighted by atomic mass is 16.3. The van der Waals surface area contributed by atoms with Crippen molar-refractivity contribution in [1.82, 2.24) is 4.90 Å². The first kappa shape index (κ1) is 12.9. The number of aliphatic hydroxyl groups is 2. The van der Waals surface area contributed by atoms with Crippen molar-refractivity contribution in [3.05, 3.63) is 6.54 Å². The van der Waals surface area contributed by atoms with E-state index in [2.05, 4.69) is 6.92 Å². The molecule has 0 spiro atoms. The van der Waals surface area contributed by atoms with Crippen LogP contribution in [0.4, 0.5) is 0 Å². The topological polar surface area (TPSA) is 43.7 Å². The second kappa shape index (κ2) is 7.30. The normalized spacial score (nSPS) is 16.2. The monoisotopic (exact) mass is 188 g/mol. The second-order valence-corrected chi connectivity index (χ2v) is 3.39. The summed E-state index contributed by atoms with van der Waals surface area (Å²) in [6.07, 6.45) is 3.21. The van der Waals surface area contributed by atoms with Gasteiger partial charge in [-0.1, -0.05) is 26.2 Å². The van der Waals surface area contributed by atoms with Crippen LogP contribution in [-0.2, 0) is 0 Å². The minimum atomic E-state index is -0.610. The van der Waals surface area contributed by atoms with Crippen molar-refractivity contribution < 1.29 is 10.2 Å². The molecule has 13 heavy (non-hydrogen) atoms. The zero-order chi connectivity index (χ0) is 10.3. The van der Waals surface area contributed by atoms with Crippen LogP contribution in [0, 0.1) is 6.54 Å². The van der Waals surface area contributed by atoms with Crippen LogP contribution >= 0.6 is 0 Å². The fourth-order valence-electron chi connectivity index (χ4n) is 1.25. The lowest BCUT2D eigenvalue weighted by Crippen LogP contribution is -2.37. The van der Waals surface area contributed by atoms with Crippen molar-refractivity contribution >= 4 is 0 Å². The van der Waals surface area contributed by atoms with E-state index in [1.54, 1.807) is 18.7 Å². The van der Waals surface area contributed by atoms with Crippen LogP contribution in [-0.4, -0.2) is 27.6 Å². The van der Waals surface area contributed by atoms with Crippen molar-refractivity contribution in [2.24, 2.45) is 0 Å². The average molecular weight is 188 g/mol. The van der Waals surface area contributed by atoms with Gasteiger partial charge < -0.3 is 10.2 Å². The van der Waals surface area contributed by atoms with Crippen LogP contribution in [0.5, 0.6) is 0 Å². The quantitative estimate of drug-likeness (QED) is 0.472. The Labute approximate surface area is 81.4 Å². The standard InChI is InChI=1S/C10H22NO2/c1-4-5-6-7-8-11(9(2)12)10(3)13/h8-10,12-13H,4-7H2,1-3H3. The SMILES string of the molecule is CCCCC[CH]N(C(C)O)C(C)O. The molecule has 0 amide bonds. The third-order valence-corrected chi connectivity index (χ3v) is 2.01. The van der Waals surface area contributed by atoms with Gasteiger partial charge >= 0.3 is 0 Å². The van der Waals surface area contributed by atoms with Crippen molar-refractivity contribution in [1.29, 1.82) is 0 Å². The van der Waals surface area contributed by atoms with E-state index >= 15 is 0 Å². The van der Waals surface area contributed by atoms with Gasteiger partial charge in [0.1, 0.15) is 12.5 Å². The van der Waals surface area contributed by atoms with E-state index in [-0.39, 0.29) is 0 Å². The summed E-state index contributed by atoms with van der Waals surface area (Å²) in [7, 11) is 0. The fourth-order valence-corrected chi connectivity index (χ4v) is 1.25. The molecule has 0 bridgehead atoms. The number of rotatable bonds is 7. The molecule has 2 unspecified atom stereocenters. The summed E-state index contributed by atoms with van der Waals surface area (Å²) in [4.78, 5) is 1.57. The van der Waals surface area contributed by atoms with Gasteiger partial charge in [-0.15, -0.1) is 0 Å². The van der Waals surface area contributed by atoms with E-state index in [9.17, 15) is 10.2 Å². The lowest BCUT2D eigenvalue weighted by Gasteiger charge is -2.27. The molecule has 0 aromatic heterocycles. The summed E-state index contributed by atoms with van der Waals surface area (Å²) in [6.45, 7) is 7.35. The van der Waals surface area contributed by atoms with E-state index in [1.807, 2.05) is 6.54 Å². The third kappa shape index (κ3) is 6.02. The average Bonchev–Trinajstić information content (AvgIpc) is 2.02. The highest BCUT2D eigenvalue weighted by molar-refractivity contribution is 4.70. The Morgan fingerprint density at radius 3 is 2.08 bits per heavy atom. The lowest BCUT2D eigenvalue weighted by atomic mass is 10.2. The molecular formula is C10H22NO2. The lowest BCUT2D eigenvalue weighted by molar-refractivity contribution is -0.0660. The van der Waals surface area contributed by atoms with Gasteiger partial charge in [0, 0.05) is 6.54 Å². The van der Waals surface area contributed by atoms with Crippen LogP contribution in [0.2, 0.25) is 0 Å². The third-order valence-electron chi connectivity index (χ3n) is 2.01. The van der Waals surface area contributed by atoms with Gasteiger partial charge in [-0.2, -0.15) is 0 Å². The minimum absolute atomic E-state index is 0.610. The van der Waals surface area contributed by atoms with Crippen LogP contribution in [0.15, 0.2) is 0 Å². The Morgan fingerprint density at radius 1 is 1.15 bits per heavy atom. The Balaban J connectivity index is 3.58. The summed E-state index contributed by atoms with van der Waals surface area (Å²) in [5, 5.41) is 18.5. The zero-order valence-electron chi connectivity index (χ0n) is 8.90. The highest BCUT2D eigenvalue weighted by Gasteiger charge is 2.15. The van der Waals surface area contributed by atoms with E-state index in [4.69, 9.17) is 0 Å². The molecular weight excluding hydrogens is 166 g/mol. The Bertz CT molecular complexity index is 107.